The highest BCUT2D eigenvalue weighted by molar-refractivity contribution is 7.88. The molecule has 8 heteroatoms. The van der Waals surface area contributed by atoms with E-state index in [9.17, 15) is 13.2 Å². The van der Waals surface area contributed by atoms with Gasteiger partial charge in [0.15, 0.2) is 0 Å². The van der Waals surface area contributed by atoms with Crippen LogP contribution in [-0.4, -0.2) is 27.5 Å². The second-order valence-corrected chi connectivity index (χ2v) is 9.18. The van der Waals surface area contributed by atoms with Gasteiger partial charge in [-0.15, -0.1) is 0 Å². The molecule has 7 nitrogen and oxygen atoms in total. The largest absolute Gasteiger partial charge is 0.497 e. The van der Waals surface area contributed by atoms with Crippen LogP contribution in [0.2, 0.25) is 0 Å². The fraction of sp³-hybridized carbons (Fsp3) is 0.318. The van der Waals surface area contributed by atoms with E-state index in [4.69, 9.17) is 9.15 Å². The van der Waals surface area contributed by atoms with Gasteiger partial charge in [0, 0.05) is 29.6 Å². The molecule has 0 aliphatic carbocycles. The lowest BCUT2D eigenvalue weighted by Crippen LogP contribution is -2.31. The normalized spacial score (nSPS) is 11.7. The Balaban J connectivity index is 1.55. The summed E-state index contributed by atoms with van der Waals surface area (Å²) in [4.78, 5) is 12.3. The van der Waals surface area contributed by atoms with Crippen LogP contribution in [0.4, 0.5) is 0 Å². The highest BCUT2D eigenvalue weighted by Gasteiger charge is 2.13. The van der Waals surface area contributed by atoms with Crippen molar-refractivity contribution < 1.29 is 22.4 Å². The van der Waals surface area contributed by atoms with Crippen LogP contribution in [-0.2, 0) is 33.5 Å². The topological polar surface area (TPSA) is 97.6 Å². The molecular formula is C22H26N2O5S. The zero-order valence-corrected chi connectivity index (χ0v) is 18.1. The van der Waals surface area contributed by atoms with Crippen molar-refractivity contribution in [3.05, 3.63) is 65.4 Å². The molecule has 0 radical (unpaired) electrons. The van der Waals surface area contributed by atoms with Crippen molar-refractivity contribution in [1.82, 2.24) is 10.0 Å². The van der Waals surface area contributed by atoms with Crippen LogP contribution in [0.1, 0.15) is 30.5 Å². The van der Waals surface area contributed by atoms with Gasteiger partial charge in [0.25, 0.3) is 0 Å². The molecule has 0 fully saturated rings. The number of hydrogen-bond acceptors (Lipinski definition) is 5. The fourth-order valence-electron chi connectivity index (χ4n) is 3.14. The van der Waals surface area contributed by atoms with E-state index >= 15 is 0 Å². The number of fused-ring (bicyclic) bond motifs is 1. The predicted molar refractivity (Wildman–Crippen MR) is 116 cm³/mol. The molecule has 0 unspecified atom stereocenters. The molecule has 30 heavy (non-hydrogen) atoms. The van der Waals surface area contributed by atoms with Gasteiger partial charge >= 0.3 is 0 Å². The summed E-state index contributed by atoms with van der Waals surface area (Å²) in [7, 11) is -1.77. The summed E-state index contributed by atoms with van der Waals surface area (Å²) in [5, 5.41) is 3.76. The molecule has 1 heterocycles. The molecular weight excluding hydrogens is 404 g/mol. The molecule has 160 valence electrons. The third-order valence-electron chi connectivity index (χ3n) is 4.50. The van der Waals surface area contributed by atoms with E-state index in [1.165, 1.54) is 0 Å². The first-order valence-electron chi connectivity index (χ1n) is 9.64. The molecule has 0 spiro atoms. The summed E-state index contributed by atoms with van der Waals surface area (Å²) < 4.78 is 37.3. The van der Waals surface area contributed by atoms with Gasteiger partial charge in [-0.05, 0) is 37.1 Å². The van der Waals surface area contributed by atoms with E-state index in [0.29, 0.717) is 23.4 Å². The number of methoxy groups -OCH3 is 1. The Morgan fingerprint density at radius 1 is 1.10 bits per heavy atom. The number of benzene rings is 2. The third-order valence-corrected chi connectivity index (χ3v) is 6.04. The second-order valence-electron chi connectivity index (χ2n) is 7.42. The van der Waals surface area contributed by atoms with Crippen LogP contribution in [0.5, 0.6) is 5.75 Å². The van der Waals surface area contributed by atoms with Crippen molar-refractivity contribution in [3.8, 4) is 5.75 Å². The number of carbonyl (C=O) groups is 1. The maximum atomic E-state index is 12.3. The highest BCUT2D eigenvalue weighted by atomic mass is 32.2. The van der Waals surface area contributed by atoms with E-state index in [1.54, 1.807) is 45.4 Å². The average molecular weight is 431 g/mol. The minimum absolute atomic E-state index is 0.0732. The zero-order chi connectivity index (χ0) is 21.7. The van der Waals surface area contributed by atoms with Crippen LogP contribution in [0.25, 0.3) is 11.0 Å². The summed E-state index contributed by atoms with van der Waals surface area (Å²) in [6.07, 6.45) is 1.79. The molecule has 2 N–H and O–H groups in total. The number of furan rings is 1. The molecule has 2 aromatic carbocycles. The lowest BCUT2D eigenvalue weighted by atomic mass is 10.1. The predicted octanol–water partition coefficient (Wildman–Crippen LogP) is 3.13. The number of sulfonamides is 1. The zero-order valence-electron chi connectivity index (χ0n) is 17.3. The van der Waals surface area contributed by atoms with Crippen molar-refractivity contribution >= 4 is 26.9 Å². The van der Waals surface area contributed by atoms with Crippen LogP contribution in [0, 0.1) is 0 Å². The highest BCUT2D eigenvalue weighted by Crippen LogP contribution is 2.25. The van der Waals surface area contributed by atoms with Gasteiger partial charge in [0.2, 0.25) is 15.9 Å². The van der Waals surface area contributed by atoms with Gasteiger partial charge in [-0.1, -0.05) is 24.3 Å². The van der Waals surface area contributed by atoms with E-state index < -0.39 is 10.0 Å². The maximum Gasteiger partial charge on any atom is 0.224 e. The van der Waals surface area contributed by atoms with E-state index in [1.807, 2.05) is 24.3 Å². The maximum absolute atomic E-state index is 12.3. The van der Waals surface area contributed by atoms with E-state index in [2.05, 4.69) is 10.0 Å². The van der Waals surface area contributed by atoms with Gasteiger partial charge in [0.05, 0.1) is 25.5 Å². The summed E-state index contributed by atoms with van der Waals surface area (Å²) in [5.74, 6) is 0.501. The summed E-state index contributed by atoms with van der Waals surface area (Å²) in [6, 6.07) is 12.5. The molecule has 0 saturated carbocycles. The monoisotopic (exact) mass is 430 g/mol. The fourth-order valence-corrected chi connectivity index (χ4v) is 4.57. The summed E-state index contributed by atoms with van der Waals surface area (Å²) in [6.45, 7) is 3.93. The minimum atomic E-state index is -3.36. The van der Waals surface area contributed by atoms with Crippen molar-refractivity contribution in [1.29, 1.82) is 0 Å². The second kappa shape index (κ2) is 9.32. The number of nitrogens with one attached hydrogen (secondary N) is 2. The first-order chi connectivity index (χ1) is 14.3. The van der Waals surface area contributed by atoms with Crippen molar-refractivity contribution in [2.24, 2.45) is 0 Å². The van der Waals surface area contributed by atoms with E-state index in [-0.39, 0.29) is 24.1 Å². The van der Waals surface area contributed by atoms with Crippen LogP contribution >= 0.6 is 0 Å². The molecule has 1 amide bonds. The summed E-state index contributed by atoms with van der Waals surface area (Å²) >= 11 is 0. The molecule has 0 aliphatic rings. The lowest BCUT2D eigenvalue weighted by Gasteiger charge is -2.10. The molecule has 3 aromatic rings. The van der Waals surface area contributed by atoms with Crippen molar-refractivity contribution in [2.45, 2.75) is 38.6 Å². The Bertz CT molecular complexity index is 1120. The number of rotatable bonds is 9. The number of hydrogen-bond donors (Lipinski definition) is 2. The Morgan fingerprint density at radius 3 is 2.47 bits per heavy atom. The Morgan fingerprint density at radius 2 is 1.80 bits per heavy atom. The van der Waals surface area contributed by atoms with Crippen LogP contribution in [0.15, 0.2) is 53.1 Å². The van der Waals surface area contributed by atoms with E-state index in [0.717, 1.165) is 16.5 Å². The van der Waals surface area contributed by atoms with Crippen LogP contribution < -0.4 is 14.8 Å². The molecule has 3 rings (SSSR count). The molecule has 0 saturated heterocycles. The van der Waals surface area contributed by atoms with Gasteiger partial charge in [-0.2, -0.15) is 0 Å². The Labute approximate surface area is 176 Å². The van der Waals surface area contributed by atoms with Gasteiger partial charge in [0.1, 0.15) is 11.3 Å². The molecule has 0 atom stereocenters. The number of carbonyl (C=O) groups excluding carboxylic acids is 1. The minimum Gasteiger partial charge on any atom is -0.497 e. The van der Waals surface area contributed by atoms with Gasteiger partial charge in [-0.3, -0.25) is 4.79 Å². The Kier molecular flexibility index (Phi) is 6.79. The van der Waals surface area contributed by atoms with Gasteiger partial charge < -0.3 is 14.5 Å². The molecule has 0 bridgehead atoms. The lowest BCUT2D eigenvalue weighted by molar-refractivity contribution is -0.120. The first-order valence-corrected chi connectivity index (χ1v) is 11.3. The van der Waals surface area contributed by atoms with Crippen molar-refractivity contribution in [3.63, 3.8) is 0 Å². The Hall–Kier alpha value is -2.84. The third kappa shape index (κ3) is 5.84. The first kappa shape index (κ1) is 21.9. The van der Waals surface area contributed by atoms with Gasteiger partial charge in [-0.25, -0.2) is 13.1 Å². The summed E-state index contributed by atoms with van der Waals surface area (Å²) in [5.41, 5.74) is 3.07. The number of ether oxygens (including phenoxy) is 1. The number of amides is 1. The average Bonchev–Trinajstić information content (AvgIpc) is 3.08. The SMILES string of the molecule is COc1ccc2c(CC(=O)NCc3ccc(CS(=O)(=O)NC(C)C)cc3)coc2c1. The smallest absolute Gasteiger partial charge is 0.224 e. The molecule has 1 aromatic heterocycles. The van der Waals surface area contributed by atoms with Crippen molar-refractivity contribution in [2.75, 3.05) is 7.11 Å². The molecule has 0 aliphatic heterocycles. The quantitative estimate of drug-likeness (QED) is 0.544. The standard InChI is InChI=1S/C22H26N2O5S/c1-15(2)24-30(26,27)14-17-6-4-16(5-7-17)12-23-22(25)10-18-13-29-21-11-19(28-3)8-9-20(18)21/h4-9,11,13,15,24H,10,12,14H2,1-3H3,(H,23,25). The van der Waals surface area contributed by atoms with Crippen LogP contribution in [0.3, 0.4) is 0 Å².